The average Bonchev–Trinajstić information content (AvgIpc) is 3.21. The van der Waals surface area contributed by atoms with Crippen LogP contribution < -0.4 is 14.8 Å². The van der Waals surface area contributed by atoms with Gasteiger partial charge in [-0.15, -0.1) is 0 Å². The highest BCUT2D eigenvalue weighted by atomic mass is 79.9. The molecule has 0 unspecified atom stereocenters. The van der Waals surface area contributed by atoms with Gasteiger partial charge in [0.15, 0.2) is 11.5 Å². The van der Waals surface area contributed by atoms with Gasteiger partial charge in [0.2, 0.25) is 5.78 Å². The van der Waals surface area contributed by atoms with Gasteiger partial charge in [-0.3, -0.25) is 9.59 Å². The first kappa shape index (κ1) is 25.1. The van der Waals surface area contributed by atoms with Crippen molar-refractivity contribution < 1.29 is 23.5 Å². The number of halogens is 3. The second-order valence-electron chi connectivity index (χ2n) is 7.55. The van der Waals surface area contributed by atoms with E-state index in [2.05, 4.69) is 21.2 Å². The Kier molecular flexibility index (Phi) is 7.69. The van der Waals surface area contributed by atoms with Gasteiger partial charge in [0, 0.05) is 16.5 Å². The molecule has 4 aromatic rings. The highest BCUT2D eigenvalue weighted by molar-refractivity contribution is 9.10. The van der Waals surface area contributed by atoms with Crippen molar-refractivity contribution in [2.75, 3.05) is 19.0 Å². The van der Waals surface area contributed by atoms with Gasteiger partial charge in [-0.1, -0.05) is 42.3 Å². The number of nitrogens with one attached hydrogen (secondary N) is 1. The van der Waals surface area contributed by atoms with Crippen LogP contribution in [0.1, 0.15) is 39.8 Å². The Bertz CT molecular complexity index is 1410. The number of hydrogen-bond acceptors (Lipinski definition) is 5. The summed E-state index contributed by atoms with van der Waals surface area (Å²) in [7, 11) is 1.54. The van der Waals surface area contributed by atoms with E-state index in [1.54, 1.807) is 42.5 Å². The van der Waals surface area contributed by atoms with Crippen LogP contribution >= 0.6 is 39.1 Å². The molecular weight excluding hydrogens is 557 g/mol. The summed E-state index contributed by atoms with van der Waals surface area (Å²) in [6.45, 7) is 2.40. The van der Waals surface area contributed by atoms with Crippen molar-refractivity contribution in [3.05, 3.63) is 86.0 Å². The zero-order chi connectivity index (χ0) is 25.1. The fourth-order valence-electron chi connectivity index (χ4n) is 3.49. The van der Waals surface area contributed by atoms with Gasteiger partial charge in [0.05, 0.1) is 33.9 Å². The topological polar surface area (TPSA) is 77.8 Å². The van der Waals surface area contributed by atoms with Crippen molar-refractivity contribution in [2.45, 2.75) is 13.3 Å². The van der Waals surface area contributed by atoms with Gasteiger partial charge in [-0.05, 0) is 64.8 Å². The fourth-order valence-corrected chi connectivity index (χ4v) is 4.62. The van der Waals surface area contributed by atoms with E-state index < -0.39 is 11.7 Å². The summed E-state index contributed by atoms with van der Waals surface area (Å²) in [5, 5.41) is 3.82. The lowest BCUT2D eigenvalue weighted by atomic mass is 10.1. The summed E-state index contributed by atoms with van der Waals surface area (Å²) in [4.78, 5) is 26.6. The number of rotatable bonds is 8. The van der Waals surface area contributed by atoms with Gasteiger partial charge >= 0.3 is 0 Å². The van der Waals surface area contributed by atoms with Gasteiger partial charge in [0.25, 0.3) is 5.91 Å². The molecule has 0 aliphatic carbocycles. The molecule has 0 saturated heterocycles. The van der Waals surface area contributed by atoms with Gasteiger partial charge < -0.3 is 19.2 Å². The predicted octanol–water partition coefficient (Wildman–Crippen LogP) is 7.78. The Morgan fingerprint density at radius 2 is 1.74 bits per heavy atom. The third-order valence-corrected chi connectivity index (χ3v) is 6.35. The Morgan fingerprint density at radius 1 is 1.03 bits per heavy atom. The van der Waals surface area contributed by atoms with E-state index in [9.17, 15) is 9.59 Å². The smallest absolute Gasteiger partial charge is 0.255 e. The molecule has 0 saturated carbocycles. The quantitative estimate of drug-likeness (QED) is 0.217. The molecule has 6 nitrogen and oxygen atoms in total. The van der Waals surface area contributed by atoms with E-state index >= 15 is 0 Å². The van der Waals surface area contributed by atoms with Crippen molar-refractivity contribution in [3.63, 3.8) is 0 Å². The first-order chi connectivity index (χ1) is 16.8. The molecule has 0 aliphatic heterocycles. The monoisotopic (exact) mass is 575 g/mol. The van der Waals surface area contributed by atoms with E-state index in [0.29, 0.717) is 39.1 Å². The molecule has 35 heavy (non-hydrogen) atoms. The highest BCUT2D eigenvalue weighted by Gasteiger charge is 2.25. The number of amides is 1. The molecule has 3 aromatic carbocycles. The Morgan fingerprint density at radius 3 is 2.40 bits per heavy atom. The number of benzene rings is 3. The lowest BCUT2D eigenvalue weighted by Crippen LogP contribution is -2.14. The van der Waals surface area contributed by atoms with E-state index in [1.165, 1.54) is 19.2 Å². The van der Waals surface area contributed by atoms with Crippen LogP contribution in [0.4, 0.5) is 5.69 Å². The minimum Gasteiger partial charge on any atom is -0.496 e. The maximum absolute atomic E-state index is 13.4. The minimum absolute atomic E-state index is 0.00305. The first-order valence-electron chi connectivity index (χ1n) is 10.7. The predicted molar refractivity (Wildman–Crippen MR) is 141 cm³/mol. The van der Waals surface area contributed by atoms with Crippen molar-refractivity contribution >= 4 is 67.5 Å². The highest BCUT2D eigenvalue weighted by Crippen LogP contribution is 2.37. The van der Waals surface area contributed by atoms with Gasteiger partial charge in [-0.2, -0.15) is 0 Å². The molecule has 0 bridgehead atoms. The number of carbonyl (C=O) groups excluding carboxylic acids is 2. The molecule has 1 aromatic heterocycles. The lowest BCUT2D eigenvalue weighted by Gasteiger charge is -2.12. The number of hydrogen-bond donors (Lipinski definition) is 1. The third-order valence-electron chi connectivity index (χ3n) is 5.17. The third kappa shape index (κ3) is 5.17. The zero-order valence-electron chi connectivity index (χ0n) is 18.8. The molecule has 1 amide bonds. The zero-order valence-corrected chi connectivity index (χ0v) is 21.9. The van der Waals surface area contributed by atoms with Gasteiger partial charge in [0.1, 0.15) is 11.3 Å². The van der Waals surface area contributed by atoms with Crippen LogP contribution in [-0.4, -0.2) is 25.4 Å². The summed E-state index contributed by atoms with van der Waals surface area (Å²) in [5.41, 5.74) is 1.27. The van der Waals surface area contributed by atoms with Crippen LogP contribution in [0.25, 0.3) is 11.0 Å². The normalized spacial score (nSPS) is 10.9. The second kappa shape index (κ2) is 10.7. The number of methoxy groups -OCH3 is 1. The standard InChI is InChI=1S/C26H20BrCl2NO5/c1-3-10-34-24-18(28)12-15(13-19(24)29)26(32)30-22-16-6-4-5-7-20(16)35-25(22)23(31)14-8-9-21(33-2)17(27)11-14/h4-9,11-13H,3,10H2,1-2H3,(H,30,32). The minimum atomic E-state index is -0.507. The maximum Gasteiger partial charge on any atom is 0.255 e. The molecule has 0 spiro atoms. The second-order valence-corrected chi connectivity index (χ2v) is 9.22. The summed E-state index contributed by atoms with van der Waals surface area (Å²) >= 11 is 16.0. The average molecular weight is 577 g/mol. The number of anilines is 1. The summed E-state index contributed by atoms with van der Waals surface area (Å²) in [6, 6.07) is 14.9. The number of ketones is 1. The number of furan rings is 1. The molecule has 1 heterocycles. The number of para-hydroxylation sites is 1. The SMILES string of the molecule is CCCOc1c(Cl)cc(C(=O)Nc2c(C(=O)c3ccc(OC)c(Br)c3)oc3ccccc23)cc1Cl. The molecule has 0 fully saturated rings. The molecule has 180 valence electrons. The number of carbonyl (C=O) groups is 2. The van der Waals surface area contributed by atoms with E-state index in [0.717, 1.165) is 6.42 Å². The molecule has 9 heteroatoms. The van der Waals surface area contributed by atoms with Crippen LogP contribution in [0.15, 0.2) is 63.5 Å². The van der Waals surface area contributed by atoms with Gasteiger partial charge in [-0.25, -0.2) is 0 Å². The summed E-state index contributed by atoms with van der Waals surface area (Å²) in [6.07, 6.45) is 0.782. The van der Waals surface area contributed by atoms with Crippen LogP contribution in [0, 0.1) is 0 Å². The Labute approximate surface area is 220 Å². The molecule has 1 N–H and O–H groups in total. The molecule has 0 radical (unpaired) electrons. The fraction of sp³-hybridized carbons (Fsp3) is 0.154. The van der Waals surface area contributed by atoms with E-state index in [-0.39, 0.29) is 27.1 Å². The molecule has 4 rings (SSSR count). The van der Waals surface area contributed by atoms with E-state index in [4.69, 9.17) is 37.1 Å². The molecule has 0 aliphatic rings. The van der Waals surface area contributed by atoms with Crippen molar-refractivity contribution in [3.8, 4) is 11.5 Å². The van der Waals surface area contributed by atoms with Crippen molar-refractivity contribution in [1.82, 2.24) is 0 Å². The maximum atomic E-state index is 13.4. The first-order valence-corrected chi connectivity index (χ1v) is 12.2. The van der Waals surface area contributed by atoms with Crippen molar-refractivity contribution in [1.29, 1.82) is 0 Å². The van der Waals surface area contributed by atoms with Crippen LogP contribution in [0.3, 0.4) is 0 Å². The number of fused-ring (bicyclic) bond motifs is 1. The van der Waals surface area contributed by atoms with E-state index in [1.807, 2.05) is 6.92 Å². The number of ether oxygens (including phenoxy) is 2. The molecular formula is C26H20BrCl2NO5. The van der Waals surface area contributed by atoms with Crippen LogP contribution in [0.5, 0.6) is 11.5 Å². The Balaban J connectivity index is 1.72. The largest absolute Gasteiger partial charge is 0.496 e. The summed E-state index contributed by atoms with van der Waals surface area (Å²) in [5.74, 6) is -0.00968. The summed E-state index contributed by atoms with van der Waals surface area (Å²) < 4.78 is 17.3. The lowest BCUT2D eigenvalue weighted by molar-refractivity contribution is 0.101. The molecule has 0 atom stereocenters. The van der Waals surface area contributed by atoms with Crippen LogP contribution in [0.2, 0.25) is 10.0 Å². The Hall–Kier alpha value is -3.00. The van der Waals surface area contributed by atoms with Crippen molar-refractivity contribution in [2.24, 2.45) is 0 Å². The van der Waals surface area contributed by atoms with Crippen LogP contribution in [-0.2, 0) is 0 Å².